The topological polar surface area (TPSA) is 41.3 Å². The minimum Gasteiger partial charge on any atom is -0.447 e. The van der Waals surface area contributed by atoms with Crippen LogP contribution in [-0.2, 0) is 19.6 Å². The van der Waals surface area contributed by atoms with Crippen molar-refractivity contribution in [2.24, 2.45) is 0 Å². The van der Waals surface area contributed by atoms with Crippen LogP contribution in [0, 0.1) is 0 Å². The van der Waals surface area contributed by atoms with Gasteiger partial charge in [-0.25, -0.2) is 4.98 Å². The molecule has 1 N–H and O–H groups in total. The van der Waals surface area contributed by atoms with Crippen LogP contribution >= 0.6 is 0 Å². The fourth-order valence-corrected chi connectivity index (χ4v) is 1.87. The Morgan fingerprint density at radius 3 is 2.61 bits per heavy atom. The average molecular weight is 245 g/mol. The Labute approximate surface area is 108 Å². The van der Waals surface area contributed by atoms with Gasteiger partial charge in [-0.05, 0) is 25.2 Å². The van der Waals surface area contributed by atoms with Crippen molar-refractivity contribution in [3.63, 3.8) is 0 Å². The Kier molecular flexibility index (Phi) is 4.50. The molecule has 0 spiro atoms. The van der Waals surface area contributed by atoms with Crippen molar-refractivity contribution >= 4 is 0 Å². The van der Waals surface area contributed by atoms with E-state index in [0.29, 0.717) is 6.54 Å². The van der Waals surface area contributed by atoms with E-state index >= 15 is 0 Å². The maximum atomic E-state index is 5.18. The number of rotatable bonds is 6. The molecule has 0 saturated heterocycles. The molecule has 0 aliphatic carbocycles. The summed E-state index contributed by atoms with van der Waals surface area (Å²) in [5, 5.41) is 3.37. The number of aromatic nitrogens is 1. The molecule has 0 fully saturated rings. The monoisotopic (exact) mass is 245 g/mol. The van der Waals surface area contributed by atoms with Gasteiger partial charge in [0.1, 0.15) is 5.76 Å². The third-order valence-corrected chi connectivity index (χ3v) is 2.70. The Morgan fingerprint density at radius 2 is 1.94 bits per heavy atom. The van der Waals surface area contributed by atoms with Gasteiger partial charge < -0.3 is 14.6 Å². The minimum atomic E-state index is 0.705. The summed E-state index contributed by atoms with van der Waals surface area (Å²) >= 11 is 0. The van der Waals surface area contributed by atoms with Crippen LogP contribution in [0.3, 0.4) is 0 Å². The number of oxazole rings is 1. The van der Waals surface area contributed by atoms with Gasteiger partial charge in [0.05, 0.1) is 12.7 Å². The summed E-state index contributed by atoms with van der Waals surface area (Å²) in [6.07, 6.45) is 3.19. The standard InChI is InChI=1S/C14H19N3O/c1-17(2)10-13-6-4-3-5-12(13)7-15-8-14-9-16-11-18-14/h3-6,9,11,15H,7-8,10H2,1-2H3. The van der Waals surface area contributed by atoms with Crippen LogP contribution in [-0.4, -0.2) is 24.0 Å². The molecule has 1 aromatic carbocycles. The number of hydrogen-bond acceptors (Lipinski definition) is 4. The molecular formula is C14H19N3O. The summed E-state index contributed by atoms with van der Waals surface area (Å²) in [6.45, 7) is 2.50. The number of nitrogens with zero attached hydrogens (tertiary/aromatic N) is 2. The normalized spacial score (nSPS) is 11.1. The summed E-state index contributed by atoms with van der Waals surface area (Å²) in [5.41, 5.74) is 2.68. The van der Waals surface area contributed by atoms with Gasteiger partial charge in [0.25, 0.3) is 0 Å². The predicted octanol–water partition coefficient (Wildman–Crippen LogP) is 2.03. The lowest BCUT2D eigenvalue weighted by Gasteiger charge is -2.14. The zero-order chi connectivity index (χ0) is 12.8. The quantitative estimate of drug-likeness (QED) is 0.845. The maximum Gasteiger partial charge on any atom is 0.180 e. The van der Waals surface area contributed by atoms with Crippen molar-refractivity contribution in [1.29, 1.82) is 0 Å². The average Bonchev–Trinajstić information content (AvgIpc) is 2.84. The molecule has 2 rings (SSSR count). The Balaban J connectivity index is 1.92. The second-order valence-electron chi connectivity index (χ2n) is 4.58. The molecule has 1 aromatic heterocycles. The molecule has 0 atom stereocenters. The lowest BCUT2D eigenvalue weighted by molar-refractivity contribution is 0.400. The molecule has 0 aliphatic heterocycles. The molecule has 0 radical (unpaired) electrons. The molecule has 0 amide bonds. The van der Waals surface area contributed by atoms with Crippen LogP contribution < -0.4 is 5.32 Å². The first-order valence-corrected chi connectivity index (χ1v) is 6.05. The van der Waals surface area contributed by atoms with Gasteiger partial charge in [0.15, 0.2) is 6.39 Å². The molecule has 1 heterocycles. The second kappa shape index (κ2) is 6.33. The smallest absolute Gasteiger partial charge is 0.180 e. The lowest BCUT2D eigenvalue weighted by Crippen LogP contribution is -2.17. The van der Waals surface area contributed by atoms with Gasteiger partial charge in [-0.3, -0.25) is 0 Å². The van der Waals surface area contributed by atoms with Crippen LogP contribution in [0.15, 0.2) is 41.3 Å². The molecule has 18 heavy (non-hydrogen) atoms. The van der Waals surface area contributed by atoms with Crippen molar-refractivity contribution in [3.8, 4) is 0 Å². The summed E-state index contributed by atoms with van der Waals surface area (Å²) in [6, 6.07) is 8.49. The van der Waals surface area contributed by atoms with Crippen LogP contribution in [0.1, 0.15) is 16.9 Å². The number of benzene rings is 1. The summed E-state index contributed by atoms with van der Waals surface area (Å²) in [7, 11) is 4.16. The largest absolute Gasteiger partial charge is 0.447 e. The first kappa shape index (κ1) is 12.8. The Morgan fingerprint density at radius 1 is 1.17 bits per heavy atom. The van der Waals surface area contributed by atoms with E-state index in [1.54, 1.807) is 6.20 Å². The molecular weight excluding hydrogens is 226 g/mol. The number of nitrogens with one attached hydrogen (secondary N) is 1. The molecule has 0 aliphatic rings. The fraction of sp³-hybridized carbons (Fsp3) is 0.357. The fourth-order valence-electron chi connectivity index (χ4n) is 1.87. The Hall–Kier alpha value is -1.65. The van der Waals surface area contributed by atoms with Crippen molar-refractivity contribution in [2.45, 2.75) is 19.6 Å². The van der Waals surface area contributed by atoms with E-state index in [4.69, 9.17) is 4.42 Å². The van der Waals surface area contributed by atoms with Gasteiger partial charge in [-0.15, -0.1) is 0 Å². The van der Waals surface area contributed by atoms with E-state index in [1.807, 2.05) is 0 Å². The third-order valence-electron chi connectivity index (χ3n) is 2.70. The van der Waals surface area contributed by atoms with Crippen LogP contribution in [0.25, 0.3) is 0 Å². The molecule has 0 unspecified atom stereocenters. The Bertz CT molecular complexity index is 466. The van der Waals surface area contributed by atoms with E-state index in [1.165, 1.54) is 17.5 Å². The molecule has 96 valence electrons. The van der Waals surface area contributed by atoms with Crippen molar-refractivity contribution in [3.05, 3.63) is 53.7 Å². The highest BCUT2D eigenvalue weighted by Gasteiger charge is 2.03. The molecule has 4 nitrogen and oxygen atoms in total. The SMILES string of the molecule is CN(C)Cc1ccccc1CNCc1cnco1. The maximum absolute atomic E-state index is 5.18. The molecule has 0 saturated carbocycles. The highest BCUT2D eigenvalue weighted by atomic mass is 16.3. The van der Waals surface area contributed by atoms with E-state index in [0.717, 1.165) is 18.8 Å². The van der Waals surface area contributed by atoms with Crippen molar-refractivity contribution < 1.29 is 4.42 Å². The molecule has 4 heteroatoms. The van der Waals surface area contributed by atoms with Gasteiger partial charge >= 0.3 is 0 Å². The first-order valence-electron chi connectivity index (χ1n) is 6.05. The van der Waals surface area contributed by atoms with E-state index < -0.39 is 0 Å². The van der Waals surface area contributed by atoms with Crippen LogP contribution in [0.5, 0.6) is 0 Å². The lowest BCUT2D eigenvalue weighted by atomic mass is 10.1. The van der Waals surface area contributed by atoms with Gasteiger partial charge in [-0.1, -0.05) is 24.3 Å². The summed E-state index contributed by atoms with van der Waals surface area (Å²) < 4.78 is 5.18. The van der Waals surface area contributed by atoms with E-state index in [2.05, 4.69) is 53.6 Å². The second-order valence-corrected chi connectivity index (χ2v) is 4.58. The van der Waals surface area contributed by atoms with Gasteiger partial charge in [0.2, 0.25) is 0 Å². The first-order chi connectivity index (χ1) is 8.75. The van der Waals surface area contributed by atoms with Crippen molar-refractivity contribution in [1.82, 2.24) is 15.2 Å². The zero-order valence-electron chi connectivity index (χ0n) is 10.9. The zero-order valence-corrected chi connectivity index (χ0v) is 10.9. The predicted molar refractivity (Wildman–Crippen MR) is 70.9 cm³/mol. The van der Waals surface area contributed by atoms with Gasteiger partial charge in [0, 0.05) is 13.1 Å². The van der Waals surface area contributed by atoms with E-state index in [-0.39, 0.29) is 0 Å². The minimum absolute atomic E-state index is 0.705. The van der Waals surface area contributed by atoms with Gasteiger partial charge in [-0.2, -0.15) is 0 Å². The van der Waals surface area contributed by atoms with Crippen molar-refractivity contribution in [2.75, 3.05) is 14.1 Å². The van der Waals surface area contributed by atoms with E-state index in [9.17, 15) is 0 Å². The highest BCUT2D eigenvalue weighted by Crippen LogP contribution is 2.10. The third kappa shape index (κ3) is 3.68. The van der Waals surface area contributed by atoms with Crippen LogP contribution in [0.4, 0.5) is 0 Å². The van der Waals surface area contributed by atoms with Crippen LogP contribution in [0.2, 0.25) is 0 Å². The summed E-state index contributed by atoms with van der Waals surface area (Å²) in [4.78, 5) is 6.07. The molecule has 0 bridgehead atoms. The molecule has 2 aromatic rings. The highest BCUT2D eigenvalue weighted by molar-refractivity contribution is 5.26. The summed E-state index contributed by atoms with van der Waals surface area (Å²) in [5.74, 6) is 0.861. The number of hydrogen-bond donors (Lipinski definition) is 1.